The Balaban J connectivity index is 2.65. The van der Waals surface area contributed by atoms with E-state index in [0.29, 0.717) is 0 Å². The first-order valence-electron chi connectivity index (χ1n) is 5.70. The van der Waals surface area contributed by atoms with E-state index in [0.717, 1.165) is 17.0 Å². The van der Waals surface area contributed by atoms with Gasteiger partial charge in [0.05, 0.1) is 5.56 Å². The second-order valence-corrected chi connectivity index (χ2v) is 4.08. The third-order valence-electron chi connectivity index (χ3n) is 2.88. The van der Waals surface area contributed by atoms with Gasteiger partial charge in [-0.05, 0) is 17.7 Å². The molecule has 106 valence electrons. The van der Waals surface area contributed by atoms with E-state index < -0.39 is 11.7 Å². The number of alkyl halides is 3. The van der Waals surface area contributed by atoms with Crippen LogP contribution in [0, 0.1) is 22.7 Å². The summed E-state index contributed by atoms with van der Waals surface area (Å²) in [4.78, 5) is 3.69. The molecule has 0 amide bonds. The van der Waals surface area contributed by atoms with Crippen molar-refractivity contribution in [2.24, 2.45) is 5.73 Å². The van der Waals surface area contributed by atoms with Crippen molar-refractivity contribution in [1.82, 2.24) is 9.55 Å². The predicted octanol–water partition coefficient (Wildman–Crippen LogP) is 2.09. The van der Waals surface area contributed by atoms with Crippen LogP contribution in [0.15, 0.2) is 24.5 Å². The molecule has 0 aliphatic heterocycles. The molecule has 0 saturated heterocycles. The number of nitriles is 2. The Morgan fingerprint density at radius 2 is 1.95 bits per heavy atom. The van der Waals surface area contributed by atoms with Gasteiger partial charge in [-0.2, -0.15) is 23.7 Å². The van der Waals surface area contributed by atoms with E-state index in [1.54, 1.807) is 12.1 Å². The van der Waals surface area contributed by atoms with Crippen molar-refractivity contribution in [1.29, 1.82) is 10.5 Å². The maximum Gasteiger partial charge on any atom is 0.416 e. The fraction of sp³-hybridized carbons (Fsp3) is 0.154. The number of nitrogens with zero attached hydrogens (tertiary/aromatic N) is 4. The average molecular weight is 291 g/mol. The number of benzene rings is 1. The Morgan fingerprint density at radius 1 is 1.24 bits per heavy atom. The van der Waals surface area contributed by atoms with Crippen LogP contribution in [0.1, 0.15) is 22.5 Å². The number of nitrogens with two attached hydrogens (primary N) is 1. The molecule has 0 unspecified atom stereocenters. The molecule has 0 aliphatic rings. The number of halogens is 3. The minimum atomic E-state index is -4.56. The van der Waals surface area contributed by atoms with Gasteiger partial charge < -0.3 is 5.73 Å². The van der Waals surface area contributed by atoms with E-state index in [1.807, 2.05) is 0 Å². The second kappa shape index (κ2) is 5.27. The molecule has 2 aromatic rings. The number of imidazole rings is 1. The summed E-state index contributed by atoms with van der Waals surface area (Å²) in [5.41, 5.74) is 4.20. The van der Waals surface area contributed by atoms with E-state index in [4.69, 9.17) is 16.3 Å². The molecule has 0 radical (unpaired) electrons. The predicted molar refractivity (Wildman–Crippen MR) is 65.9 cm³/mol. The Morgan fingerprint density at radius 3 is 2.48 bits per heavy atom. The molecule has 2 N–H and O–H groups in total. The van der Waals surface area contributed by atoms with Crippen molar-refractivity contribution in [2.45, 2.75) is 12.7 Å². The Hall–Kier alpha value is -2.84. The van der Waals surface area contributed by atoms with Gasteiger partial charge in [-0.15, -0.1) is 0 Å². The molecule has 1 aromatic heterocycles. The van der Waals surface area contributed by atoms with Gasteiger partial charge >= 0.3 is 6.18 Å². The molecule has 0 aliphatic carbocycles. The van der Waals surface area contributed by atoms with Crippen molar-refractivity contribution in [3.8, 4) is 17.8 Å². The summed E-state index contributed by atoms with van der Waals surface area (Å²) in [7, 11) is 0. The first-order chi connectivity index (χ1) is 9.92. The molecular formula is C13H8F3N5. The van der Waals surface area contributed by atoms with Gasteiger partial charge in [0.15, 0.2) is 11.4 Å². The largest absolute Gasteiger partial charge is 0.416 e. The molecule has 0 fully saturated rings. The SMILES string of the molecule is N#Cc1ncn(-c2ccc(CN)c(C(F)(F)F)c2)c1C#N. The summed E-state index contributed by atoms with van der Waals surface area (Å²) >= 11 is 0. The van der Waals surface area contributed by atoms with Crippen LogP contribution in [0.25, 0.3) is 5.69 Å². The lowest BCUT2D eigenvalue weighted by atomic mass is 10.1. The van der Waals surface area contributed by atoms with Gasteiger partial charge in [0, 0.05) is 12.2 Å². The van der Waals surface area contributed by atoms with E-state index in [1.165, 1.54) is 12.1 Å². The van der Waals surface area contributed by atoms with Crippen molar-refractivity contribution >= 4 is 0 Å². The minimum absolute atomic E-state index is 0.0506. The molecule has 21 heavy (non-hydrogen) atoms. The highest BCUT2D eigenvalue weighted by Gasteiger charge is 2.33. The second-order valence-electron chi connectivity index (χ2n) is 4.08. The molecule has 0 atom stereocenters. The van der Waals surface area contributed by atoms with E-state index >= 15 is 0 Å². The van der Waals surface area contributed by atoms with Crippen LogP contribution < -0.4 is 5.73 Å². The maximum atomic E-state index is 13.0. The Kier molecular flexibility index (Phi) is 3.66. The lowest BCUT2D eigenvalue weighted by Gasteiger charge is -2.14. The molecule has 1 heterocycles. The van der Waals surface area contributed by atoms with Gasteiger partial charge in [-0.25, -0.2) is 4.98 Å². The fourth-order valence-corrected chi connectivity index (χ4v) is 1.89. The summed E-state index contributed by atoms with van der Waals surface area (Å²) < 4.78 is 40.1. The van der Waals surface area contributed by atoms with Crippen LogP contribution in [0.4, 0.5) is 13.2 Å². The zero-order valence-electron chi connectivity index (χ0n) is 10.5. The van der Waals surface area contributed by atoms with E-state index in [9.17, 15) is 13.2 Å². The van der Waals surface area contributed by atoms with E-state index in [2.05, 4.69) is 4.98 Å². The fourth-order valence-electron chi connectivity index (χ4n) is 1.89. The van der Waals surface area contributed by atoms with Crippen LogP contribution in [0.3, 0.4) is 0 Å². The number of rotatable bonds is 2. The highest BCUT2D eigenvalue weighted by atomic mass is 19.4. The van der Waals surface area contributed by atoms with Crippen molar-refractivity contribution in [2.75, 3.05) is 0 Å². The third kappa shape index (κ3) is 2.57. The Labute approximate surface area is 117 Å². The molecule has 2 rings (SSSR count). The number of hydrogen-bond acceptors (Lipinski definition) is 4. The molecule has 0 spiro atoms. The maximum absolute atomic E-state index is 13.0. The molecule has 5 nitrogen and oxygen atoms in total. The number of aromatic nitrogens is 2. The average Bonchev–Trinajstić information content (AvgIpc) is 2.88. The van der Waals surface area contributed by atoms with E-state index in [-0.39, 0.29) is 29.2 Å². The smallest absolute Gasteiger partial charge is 0.326 e. The highest BCUT2D eigenvalue weighted by Crippen LogP contribution is 2.33. The molecule has 0 bridgehead atoms. The first kappa shape index (κ1) is 14.6. The highest BCUT2D eigenvalue weighted by molar-refractivity contribution is 5.47. The van der Waals surface area contributed by atoms with Crippen LogP contribution in [-0.2, 0) is 12.7 Å². The molecule has 1 aromatic carbocycles. The minimum Gasteiger partial charge on any atom is -0.326 e. The summed E-state index contributed by atoms with van der Waals surface area (Å²) in [6.45, 7) is -0.256. The van der Waals surface area contributed by atoms with Crippen molar-refractivity contribution in [3.05, 3.63) is 47.0 Å². The standard InChI is InChI=1S/C13H8F3N5/c14-13(15,16)10-3-9(2-1-8(10)4-17)21-7-20-11(5-18)12(21)6-19/h1-3,7H,4,17H2. The van der Waals surface area contributed by atoms with Crippen LogP contribution in [-0.4, -0.2) is 9.55 Å². The summed E-state index contributed by atoms with van der Waals surface area (Å²) in [5.74, 6) is 0. The van der Waals surface area contributed by atoms with Gasteiger partial charge in [0.1, 0.15) is 18.5 Å². The monoisotopic (exact) mass is 291 g/mol. The molecule has 0 saturated carbocycles. The Bertz CT molecular complexity index is 762. The number of hydrogen-bond donors (Lipinski definition) is 1. The van der Waals surface area contributed by atoms with Crippen molar-refractivity contribution in [3.63, 3.8) is 0 Å². The lowest BCUT2D eigenvalue weighted by Crippen LogP contribution is -2.13. The molecule has 8 heteroatoms. The normalized spacial score (nSPS) is 11.0. The summed E-state index contributed by atoms with van der Waals surface area (Å²) in [5, 5.41) is 17.8. The van der Waals surface area contributed by atoms with Crippen molar-refractivity contribution < 1.29 is 13.2 Å². The zero-order valence-corrected chi connectivity index (χ0v) is 10.5. The first-order valence-corrected chi connectivity index (χ1v) is 5.70. The third-order valence-corrected chi connectivity index (χ3v) is 2.88. The summed E-state index contributed by atoms with van der Waals surface area (Å²) in [6, 6.07) is 6.97. The summed E-state index contributed by atoms with van der Waals surface area (Å²) in [6.07, 6.45) is -3.43. The van der Waals surface area contributed by atoms with Gasteiger partial charge in [0.25, 0.3) is 0 Å². The molecular weight excluding hydrogens is 283 g/mol. The quantitative estimate of drug-likeness (QED) is 0.917. The lowest BCUT2D eigenvalue weighted by molar-refractivity contribution is -0.138. The topological polar surface area (TPSA) is 91.4 Å². The van der Waals surface area contributed by atoms with Gasteiger partial charge in [-0.3, -0.25) is 4.57 Å². The van der Waals surface area contributed by atoms with Crippen LogP contribution >= 0.6 is 0 Å². The van der Waals surface area contributed by atoms with Crippen LogP contribution in [0.2, 0.25) is 0 Å². The zero-order chi connectivity index (χ0) is 15.6. The van der Waals surface area contributed by atoms with Gasteiger partial charge in [-0.1, -0.05) is 6.07 Å². The van der Waals surface area contributed by atoms with Crippen LogP contribution in [0.5, 0.6) is 0 Å². The van der Waals surface area contributed by atoms with Gasteiger partial charge in [0.2, 0.25) is 0 Å².